The van der Waals surface area contributed by atoms with Crippen LogP contribution in [0.1, 0.15) is 31.9 Å². The summed E-state index contributed by atoms with van der Waals surface area (Å²) < 4.78 is 5.40. The molecule has 20 heavy (non-hydrogen) atoms. The van der Waals surface area contributed by atoms with E-state index in [0.29, 0.717) is 24.6 Å². The van der Waals surface area contributed by atoms with Gasteiger partial charge in [-0.25, -0.2) is 4.98 Å². The highest BCUT2D eigenvalue weighted by Gasteiger charge is 2.31. The number of hydrogen-bond acceptors (Lipinski definition) is 5. The molecule has 0 bridgehead atoms. The summed E-state index contributed by atoms with van der Waals surface area (Å²) in [6.45, 7) is 2.62. The number of carbonyl (C=O) groups excluding carboxylic acids is 1. The smallest absolute Gasteiger partial charge is 0.303 e. The molecule has 0 saturated carbocycles. The first-order chi connectivity index (χ1) is 9.56. The van der Waals surface area contributed by atoms with Crippen molar-refractivity contribution < 1.29 is 19.4 Å². The number of aromatic nitrogens is 1. The number of carboxylic acid groups (broad SMARTS) is 1. The summed E-state index contributed by atoms with van der Waals surface area (Å²) in [5.41, 5.74) is 0.812. The number of aliphatic carboxylic acids is 1. The standard InChI is InChI=1S/C13H18N2O4S/c1-8-5-6-19-11(8)12(18)15-13-14-9(7-20-13)3-2-4-10(16)17/h7-8,11H,2-6H2,1H3,(H,16,17)(H,14,15,18). The topological polar surface area (TPSA) is 88.5 Å². The SMILES string of the molecule is CC1CCOC1C(=O)Nc1nc(CCCC(=O)O)cs1. The third kappa shape index (κ3) is 4.01. The van der Waals surface area contributed by atoms with Crippen LogP contribution < -0.4 is 5.32 Å². The van der Waals surface area contributed by atoms with Gasteiger partial charge in [-0.2, -0.15) is 0 Å². The van der Waals surface area contributed by atoms with Crippen molar-refractivity contribution in [2.24, 2.45) is 5.92 Å². The highest BCUT2D eigenvalue weighted by molar-refractivity contribution is 7.13. The largest absolute Gasteiger partial charge is 0.481 e. The van der Waals surface area contributed by atoms with Crippen LogP contribution in [0.2, 0.25) is 0 Å². The maximum atomic E-state index is 12.0. The number of anilines is 1. The number of amides is 1. The second-order valence-electron chi connectivity index (χ2n) is 4.94. The van der Waals surface area contributed by atoms with Gasteiger partial charge in [0.25, 0.3) is 5.91 Å². The highest BCUT2D eigenvalue weighted by Crippen LogP contribution is 2.23. The van der Waals surface area contributed by atoms with Gasteiger partial charge in [0.15, 0.2) is 5.13 Å². The summed E-state index contributed by atoms with van der Waals surface area (Å²) in [5, 5.41) is 13.7. The van der Waals surface area contributed by atoms with E-state index >= 15 is 0 Å². The highest BCUT2D eigenvalue weighted by atomic mass is 32.1. The van der Waals surface area contributed by atoms with E-state index in [1.807, 2.05) is 12.3 Å². The van der Waals surface area contributed by atoms with E-state index < -0.39 is 12.1 Å². The minimum Gasteiger partial charge on any atom is -0.481 e. The molecule has 1 aliphatic heterocycles. The molecule has 1 fully saturated rings. The van der Waals surface area contributed by atoms with Crippen LogP contribution in [-0.4, -0.2) is 34.7 Å². The van der Waals surface area contributed by atoms with Crippen LogP contribution >= 0.6 is 11.3 Å². The zero-order valence-corrected chi connectivity index (χ0v) is 12.1. The first kappa shape index (κ1) is 14.9. The number of carboxylic acids is 1. The van der Waals surface area contributed by atoms with Gasteiger partial charge in [-0.15, -0.1) is 11.3 Å². The van der Waals surface area contributed by atoms with Crippen LogP contribution in [0.5, 0.6) is 0 Å². The molecular formula is C13H18N2O4S. The normalized spacial score (nSPS) is 21.9. The molecule has 0 aromatic carbocycles. The fourth-order valence-electron chi connectivity index (χ4n) is 2.11. The van der Waals surface area contributed by atoms with Crippen LogP contribution in [0.3, 0.4) is 0 Å². The lowest BCUT2D eigenvalue weighted by Gasteiger charge is -2.12. The zero-order chi connectivity index (χ0) is 14.5. The van der Waals surface area contributed by atoms with E-state index in [-0.39, 0.29) is 18.2 Å². The molecule has 1 amide bonds. The Bertz CT molecular complexity index is 488. The van der Waals surface area contributed by atoms with Crippen molar-refractivity contribution in [1.82, 2.24) is 4.98 Å². The van der Waals surface area contributed by atoms with Gasteiger partial charge >= 0.3 is 5.97 Å². The van der Waals surface area contributed by atoms with Crippen molar-refractivity contribution in [3.05, 3.63) is 11.1 Å². The lowest BCUT2D eigenvalue weighted by molar-refractivity contribution is -0.137. The molecule has 0 radical (unpaired) electrons. The number of thiazole rings is 1. The first-order valence-electron chi connectivity index (χ1n) is 6.65. The van der Waals surface area contributed by atoms with Crippen molar-refractivity contribution in [2.45, 2.75) is 38.7 Å². The fraction of sp³-hybridized carbons (Fsp3) is 0.615. The van der Waals surface area contributed by atoms with Crippen molar-refractivity contribution in [1.29, 1.82) is 0 Å². The monoisotopic (exact) mass is 298 g/mol. The van der Waals surface area contributed by atoms with Gasteiger partial charge in [-0.05, 0) is 25.2 Å². The summed E-state index contributed by atoms with van der Waals surface area (Å²) >= 11 is 1.35. The van der Waals surface area contributed by atoms with Gasteiger partial charge in [0.05, 0.1) is 5.69 Å². The quantitative estimate of drug-likeness (QED) is 0.837. The van der Waals surface area contributed by atoms with Crippen LogP contribution in [0.25, 0.3) is 0 Å². The summed E-state index contributed by atoms with van der Waals surface area (Å²) in [5.74, 6) is -0.729. The number of ether oxygens (including phenoxy) is 1. The fourth-order valence-corrected chi connectivity index (χ4v) is 2.85. The van der Waals surface area contributed by atoms with Crippen LogP contribution in [0.4, 0.5) is 5.13 Å². The maximum Gasteiger partial charge on any atom is 0.303 e. The van der Waals surface area contributed by atoms with E-state index in [4.69, 9.17) is 9.84 Å². The molecule has 2 heterocycles. The van der Waals surface area contributed by atoms with E-state index in [1.165, 1.54) is 11.3 Å². The second-order valence-corrected chi connectivity index (χ2v) is 5.80. The van der Waals surface area contributed by atoms with Crippen molar-refractivity contribution in [3.63, 3.8) is 0 Å². The molecular weight excluding hydrogens is 280 g/mol. The van der Waals surface area contributed by atoms with Gasteiger partial charge in [-0.1, -0.05) is 6.92 Å². The number of carbonyl (C=O) groups is 2. The molecule has 2 atom stereocenters. The number of nitrogens with one attached hydrogen (secondary N) is 1. The lowest BCUT2D eigenvalue weighted by Crippen LogP contribution is -2.31. The van der Waals surface area contributed by atoms with Crippen LogP contribution in [0.15, 0.2) is 5.38 Å². The minimum absolute atomic E-state index is 0.132. The molecule has 1 aliphatic rings. The molecule has 0 aliphatic carbocycles. The van der Waals surface area contributed by atoms with Crippen LogP contribution in [0, 0.1) is 5.92 Å². The van der Waals surface area contributed by atoms with E-state index in [1.54, 1.807) is 0 Å². The zero-order valence-electron chi connectivity index (χ0n) is 11.3. The van der Waals surface area contributed by atoms with Gasteiger partial charge in [0, 0.05) is 18.4 Å². The maximum absolute atomic E-state index is 12.0. The van der Waals surface area contributed by atoms with Crippen LogP contribution in [-0.2, 0) is 20.7 Å². The molecule has 1 saturated heterocycles. The van der Waals surface area contributed by atoms with E-state index in [0.717, 1.165) is 12.1 Å². The molecule has 2 N–H and O–H groups in total. The van der Waals surface area contributed by atoms with Gasteiger partial charge in [0.2, 0.25) is 0 Å². The lowest BCUT2D eigenvalue weighted by atomic mass is 10.0. The third-order valence-electron chi connectivity index (χ3n) is 3.25. The summed E-state index contributed by atoms with van der Waals surface area (Å²) in [7, 11) is 0. The Balaban J connectivity index is 1.83. The molecule has 6 nitrogen and oxygen atoms in total. The van der Waals surface area contributed by atoms with E-state index in [2.05, 4.69) is 10.3 Å². The van der Waals surface area contributed by atoms with Crippen molar-refractivity contribution >= 4 is 28.3 Å². The Hall–Kier alpha value is -1.47. The molecule has 1 aromatic rings. The van der Waals surface area contributed by atoms with Crippen molar-refractivity contribution in [2.75, 3.05) is 11.9 Å². The van der Waals surface area contributed by atoms with Gasteiger partial charge < -0.3 is 9.84 Å². The molecule has 7 heteroatoms. The Morgan fingerprint density at radius 1 is 1.60 bits per heavy atom. The molecule has 110 valence electrons. The van der Waals surface area contributed by atoms with E-state index in [9.17, 15) is 9.59 Å². The molecule has 1 aromatic heterocycles. The number of aryl methyl sites for hydroxylation is 1. The first-order valence-corrected chi connectivity index (χ1v) is 7.53. The Labute approximate surface area is 121 Å². The van der Waals surface area contributed by atoms with Gasteiger partial charge in [0.1, 0.15) is 6.10 Å². The number of rotatable bonds is 6. The Morgan fingerprint density at radius 3 is 3.05 bits per heavy atom. The van der Waals surface area contributed by atoms with Crippen molar-refractivity contribution in [3.8, 4) is 0 Å². The number of nitrogens with zero attached hydrogens (tertiary/aromatic N) is 1. The minimum atomic E-state index is -0.805. The summed E-state index contributed by atoms with van der Waals surface area (Å²) in [6.07, 6.45) is 1.79. The number of hydrogen-bond donors (Lipinski definition) is 2. The molecule has 0 spiro atoms. The van der Waals surface area contributed by atoms with Gasteiger partial charge in [-0.3, -0.25) is 14.9 Å². The predicted octanol–water partition coefficient (Wildman–Crippen LogP) is 1.91. The average Bonchev–Trinajstić information content (AvgIpc) is 2.98. The molecule has 2 unspecified atom stereocenters. The average molecular weight is 298 g/mol. The summed E-state index contributed by atoms with van der Waals surface area (Å²) in [4.78, 5) is 26.7. The second kappa shape index (κ2) is 6.81. The Morgan fingerprint density at radius 2 is 2.40 bits per heavy atom. The molecule has 2 rings (SSSR count). The predicted molar refractivity (Wildman–Crippen MR) is 74.8 cm³/mol. The Kier molecular flexibility index (Phi) is 5.08. The summed E-state index contributed by atoms with van der Waals surface area (Å²) in [6, 6.07) is 0. The third-order valence-corrected chi connectivity index (χ3v) is 4.06.